The summed E-state index contributed by atoms with van der Waals surface area (Å²) in [5, 5.41) is 0. The number of furan rings is 1. The Bertz CT molecular complexity index is 562. The second kappa shape index (κ2) is 5.99. The zero-order valence-electron chi connectivity index (χ0n) is 12.8. The quantitative estimate of drug-likeness (QED) is 0.806. The summed E-state index contributed by atoms with van der Waals surface area (Å²) in [7, 11) is 0. The Balaban J connectivity index is 1.82. The van der Waals surface area contributed by atoms with Crippen molar-refractivity contribution in [1.82, 2.24) is 9.80 Å². The molecule has 0 aromatic carbocycles. The Morgan fingerprint density at radius 2 is 2.23 bits per heavy atom. The summed E-state index contributed by atoms with van der Waals surface area (Å²) in [5.41, 5.74) is -0.232. The molecule has 3 rings (SSSR count). The largest absolute Gasteiger partial charge is 0.459 e. The van der Waals surface area contributed by atoms with Crippen molar-refractivity contribution in [1.29, 1.82) is 0 Å². The van der Waals surface area contributed by atoms with E-state index in [2.05, 4.69) is 6.58 Å². The Labute approximate surface area is 130 Å². The third kappa shape index (κ3) is 2.56. The highest BCUT2D eigenvalue weighted by Crippen LogP contribution is 2.37. The fraction of sp³-hybridized carbons (Fsp3) is 0.529. The van der Waals surface area contributed by atoms with Crippen LogP contribution in [0, 0.1) is 0 Å². The van der Waals surface area contributed by atoms with Crippen LogP contribution in [-0.2, 0) is 4.79 Å². The molecule has 1 spiro atoms. The van der Waals surface area contributed by atoms with E-state index in [4.69, 9.17) is 4.42 Å². The monoisotopic (exact) mass is 302 g/mol. The number of carbonyl (C=O) groups excluding carboxylic acids is 2. The third-order valence-electron chi connectivity index (χ3n) is 4.79. The van der Waals surface area contributed by atoms with Crippen LogP contribution in [0.25, 0.3) is 0 Å². The summed E-state index contributed by atoms with van der Waals surface area (Å²) in [4.78, 5) is 28.6. The van der Waals surface area contributed by atoms with Gasteiger partial charge in [-0.2, -0.15) is 0 Å². The van der Waals surface area contributed by atoms with Crippen molar-refractivity contribution in [2.75, 3.05) is 19.6 Å². The first-order valence-electron chi connectivity index (χ1n) is 7.90. The van der Waals surface area contributed by atoms with Crippen LogP contribution in [0.15, 0.2) is 35.5 Å². The number of nitrogens with zero attached hydrogens (tertiary/aromatic N) is 2. The first-order valence-corrected chi connectivity index (χ1v) is 7.90. The van der Waals surface area contributed by atoms with Gasteiger partial charge in [0.2, 0.25) is 5.91 Å². The Hall–Kier alpha value is -2.04. The van der Waals surface area contributed by atoms with Gasteiger partial charge in [-0.3, -0.25) is 9.59 Å². The summed E-state index contributed by atoms with van der Waals surface area (Å²) in [6.07, 6.45) is 7.60. The fourth-order valence-electron chi connectivity index (χ4n) is 3.79. The van der Waals surface area contributed by atoms with Crippen LogP contribution in [0.2, 0.25) is 0 Å². The number of likely N-dealkylation sites (tertiary alicyclic amines) is 2. The molecule has 2 aliphatic rings. The molecule has 22 heavy (non-hydrogen) atoms. The number of hydrogen-bond acceptors (Lipinski definition) is 3. The second-order valence-electron chi connectivity index (χ2n) is 6.18. The Morgan fingerprint density at radius 3 is 2.95 bits per heavy atom. The minimum absolute atomic E-state index is 0.0827. The summed E-state index contributed by atoms with van der Waals surface area (Å²) in [5.74, 6) is 0.466. The highest BCUT2D eigenvalue weighted by atomic mass is 16.3. The average molecular weight is 302 g/mol. The van der Waals surface area contributed by atoms with E-state index < -0.39 is 0 Å². The van der Waals surface area contributed by atoms with Gasteiger partial charge in [0.15, 0.2) is 5.76 Å². The lowest BCUT2D eigenvalue weighted by Gasteiger charge is -2.51. The molecule has 0 aliphatic carbocycles. The van der Waals surface area contributed by atoms with Crippen LogP contribution in [-0.4, -0.2) is 46.8 Å². The molecular weight excluding hydrogens is 280 g/mol. The third-order valence-corrected chi connectivity index (χ3v) is 4.79. The van der Waals surface area contributed by atoms with Crippen LogP contribution < -0.4 is 0 Å². The topological polar surface area (TPSA) is 53.8 Å². The Kier molecular flexibility index (Phi) is 4.05. The van der Waals surface area contributed by atoms with E-state index in [1.807, 2.05) is 9.80 Å². The van der Waals surface area contributed by atoms with E-state index in [-0.39, 0.29) is 17.4 Å². The molecule has 2 amide bonds. The minimum Gasteiger partial charge on any atom is -0.459 e. The molecule has 2 aliphatic heterocycles. The van der Waals surface area contributed by atoms with Gasteiger partial charge < -0.3 is 14.2 Å². The molecule has 0 radical (unpaired) electrons. The molecule has 0 saturated carbocycles. The molecule has 2 saturated heterocycles. The van der Waals surface area contributed by atoms with Crippen LogP contribution in [0.4, 0.5) is 0 Å². The SMILES string of the molecule is C=CCN1C(=O)CCC[C@]12CCCN(C(=O)c1ccco1)C2. The number of piperidine rings is 2. The van der Waals surface area contributed by atoms with Gasteiger partial charge in [-0.1, -0.05) is 6.08 Å². The van der Waals surface area contributed by atoms with E-state index >= 15 is 0 Å². The maximum Gasteiger partial charge on any atom is 0.289 e. The molecule has 118 valence electrons. The molecule has 1 aromatic rings. The van der Waals surface area contributed by atoms with Gasteiger partial charge >= 0.3 is 0 Å². The van der Waals surface area contributed by atoms with Crippen LogP contribution in [0.1, 0.15) is 42.7 Å². The van der Waals surface area contributed by atoms with Gasteiger partial charge in [-0.05, 0) is 37.8 Å². The molecular formula is C17H22N2O3. The van der Waals surface area contributed by atoms with Crippen LogP contribution >= 0.6 is 0 Å². The molecule has 1 aromatic heterocycles. The minimum atomic E-state index is -0.232. The number of carbonyl (C=O) groups is 2. The molecule has 0 N–H and O–H groups in total. The number of rotatable bonds is 3. The maximum absolute atomic E-state index is 12.5. The lowest BCUT2D eigenvalue weighted by molar-refractivity contribution is -0.143. The molecule has 5 heteroatoms. The lowest BCUT2D eigenvalue weighted by atomic mass is 9.79. The zero-order valence-corrected chi connectivity index (χ0v) is 12.8. The molecule has 2 fully saturated rings. The molecule has 0 unspecified atom stereocenters. The number of hydrogen-bond donors (Lipinski definition) is 0. The van der Waals surface area contributed by atoms with Gasteiger partial charge in [-0.15, -0.1) is 6.58 Å². The predicted octanol–water partition coefficient (Wildman–Crippen LogP) is 2.45. The van der Waals surface area contributed by atoms with Crippen molar-refractivity contribution in [2.24, 2.45) is 0 Å². The zero-order chi connectivity index (χ0) is 15.6. The second-order valence-corrected chi connectivity index (χ2v) is 6.18. The van der Waals surface area contributed by atoms with Crippen molar-refractivity contribution in [3.63, 3.8) is 0 Å². The number of amides is 2. The summed E-state index contributed by atoms with van der Waals surface area (Å²) >= 11 is 0. The standard InChI is InChI=1S/C17H22N2O3/c1-2-10-19-15(20)7-3-8-17(19)9-5-11-18(13-17)16(21)14-6-4-12-22-14/h2,4,6,12H,1,3,5,7-11,13H2/t17-/m1/s1. The van der Waals surface area contributed by atoms with Crippen molar-refractivity contribution in [3.05, 3.63) is 36.8 Å². The van der Waals surface area contributed by atoms with Crippen LogP contribution in [0.5, 0.6) is 0 Å². The van der Waals surface area contributed by atoms with E-state index in [1.165, 1.54) is 6.26 Å². The molecule has 5 nitrogen and oxygen atoms in total. The first-order chi connectivity index (χ1) is 10.7. The summed E-state index contributed by atoms with van der Waals surface area (Å²) in [6, 6.07) is 3.41. The van der Waals surface area contributed by atoms with E-state index in [0.29, 0.717) is 25.3 Å². The normalized spacial score (nSPS) is 25.5. The van der Waals surface area contributed by atoms with E-state index in [9.17, 15) is 9.59 Å². The first kappa shape index (κ1) is 14.9. The highest BCUT2D eigenvalue weighted by molar-refractivity contribution is 5.91. The Morgan fingerprint density at radius 1 is 1.41 bits per heavy atom. The average Bonchev–Trinajstić information content (AvgIpc) is 3.05. The van der Waals surface area contributed by atoms with Crippen LogP contribution in [0.3, 0.4) is 0 Å². The molecule has 0 bridgehead atoms. The highest BCUT2D eigenvalue weighted by Gasteiger charge is 2.45. The lowest BCUT2D eigenvalue weighted by Crippen LogP contribution is -2.63. The maximum atomic E-state index is 12.5. The smallest absolute Gasteiger partial charge is 0.289 e. The summed E-state index contributed by atoms with van der Waals surface area (Å²) < 4.78 is 5.23. The predicted molar refractivity (Wildman–Crippen MR) is 82.3 cm³/mol. The van der Waals surface area contributed by atoms with E-state index in [1.54, 1.807) is 18.2 Å². The van der Waals surface area contributed by atoms with Crippen molar-refractivity contribution < 1.29 is 14.0 Å². The van der Waals surface area contributed by atoms with Gasteiger partial charge in [0, 0.05) is 26.1 Å². The van der Waals surface area contributed by atoms with Crippen molar-refractivity contribution in [2.45, 2.75) is 37.6 Å². The van der Waals surface area contributed by atoms with E-state index in [0.717, 1.165) is 32.2 Å². The molecule has 1 atom stereocenters. The summed E-state index contributed by atoms with van der Waals surface area (Å²) in [6.45, 7) is 5.64. The van der Waals surface area contributed by atoms with Gasteiger partial charge in [-0.25, -0.2) is 0 Å². The van der Waals surface area contributed by atoms with Gasteiger partial charge in [0.25, 0.3) is 5.91 Å². The molecule has 3 heterocycles. The van der Waals surface area contributed by atoms with Gasteiger partial charge in [0.1, 0.15) is 0 Å². The van der Waals surface area contributed by atoms with Crippen molar-refractivity contribution >= 4 is 11.8 Å². The van der Waals surface area contributed by atoms with Crippen molar-refractivity contribution in [3.8, 4) is 0 Å². The van der Waals surface area contributed by atoms with Gasteiger partial charge in [0.05, 0.1) is 11.8 Å². The fourth-order valence-corrected chi connectivity index (χ4v) is 3.79.